The van der Waals surface area contributed by atoms with E-state index in [9.17, 15) is 0 Å². The lowest BCUT2D eigenvalue weighted by Crippen LogP contribution is -2.39. The summed E-state index contributed by atoms with van der Waals surface area (Å²) in [5, 5.41) is 0. The summed E-state index contributed by atoms with van der Waals surface area (Å²) in [5.74, 6) is 1.60. The smallest absolute Gasteiger partial charge is 0.118 e. The number of hydrogen-bond donors (Lipinski definition) is 0. The van der Waals surface area contributed by atoms with E-state index in [1.165, 1.54) is 0 Å². The van der Waals surface area contributed by atoms with Crippen LogP contribution in [0.25, 0.3) is 0 Å². The van der Waals surface area contributed by atoms with Crippen LogP contribution in [0.4, 0.5) is 0 Å². The Morgan fingerprint density at radius 2 is 1.28 bits per heavy atom. The summed E-state index contributed by atoms with van der Waals surface area (Å²) in [7, 11) is 0.842. The summed E-state index contributed by atoms with van der Waals surface area (Å²) in [4.78, 5) is 2.18. The molecule has 0 aliphatic heterocycles. The van der Waals surface area contributed by atoms with E-state index >= 15 is 0 Å². The van der Waals surface area contributed by atoms with Crippen molar-refractivity contribution in [1.82, 2.24) is 4.90 Å². The minimum Gasteiger partial charge on any atom is -0.497 e. The Kier molecular flexibility index (Phi) is 5.41. The molecule has 0 radical (unpaired) electrons. The Bertz CT molecular complexity index is 679. The van der Waals surface area contributed by atoms with Gasteiger partial charge in [0, 0.05) is 26.7 Å². The number of benzene rings is 2. The molecule has 136 valence electrons. The fourth-order valence-electron chi connectivity index (χ4n) is 2.72. The molecule has 0 fully saturated rings. The van der Waals surface area contributed by atoms with Crippen LogP contribution in [0.5, 0.6) is 11.5 Å². The third-order valence-electron chi connectivity index (χ3n) is 4.01. The molecule has 4 nitrogen and oxygen atoms in total. The molecule has 0 saturated heterocycles. The number of nitrogens with zero attached hydrogens (tertiary/aromatic N) is 1. The van der Waals surface area contributed by atoms with Gasteiger partial charge >= 0.3 is 0 Å². The first-order valence-electron chi connectivity index (χ1n) is 9.79. The maximum absolute atomic E-state index is 7.43. The van der Waals surface area contributed by atoms with E-state index in [0.717, 1.165) is 22.6 Å². The Morgan fingerprint density at radius 3 is 1.64 bits per heavy atom. The first-order chi connectivity index (χ1) is 13.1. The van der Waals surface area contributed by atoms with Crippen molar-refractivity contribution in [3.63, 3.8) is 0 Å². The second-order valence-corrected chi connectivity index (χ2v) is 6.70. The molecule has 0 amide bonds. The average Bonchev–Trinajstić information content (AvgIpc) is 2.60. The minimum absolute atomic E-state index is 0.462. The summed E-state index contributed by atoms with van der Waals surface area (Å²) in [5.41, 5.74) is 1.39. The zero-order valence-electron chi connectivity index (χ0n) is 18.4. The van der Waals surface area contributed by atoms with Crippen LogP contribution in [0.3, 0.4) is 0 Å². The van der Waals surface area contributed by atoms with Gasteiger partial charge in [-0.25, -0.2) is 0 Å². The van der Waals surface area contributed by atoms with E-state index in [0.29, 0.717) is 19.6 Å². The lowest BCUT2D eigenvalue weighted by molar-refractivity contribution is -0.0115. The minimum atomic E-state index is -2.44. The van der Waals surface area contributed by atoms with Crippen molar-refractivity contribution >= 4 is 0 Å². The molecule has 0 spiro atoms. The van der Waals surface area contributed by atoms with Gasteiger partial charge in [-0.1, -0.05) is 24.3 Å². The van der Waals surface area contributed by atoms with E-state index in [1.807, 2.05) is 48.5 Å². The van der Waals surface area contributed by atoms with Crippen LogP contribution in [0.15, 0.2) is 48.5 Å². The number of hydrogen-bond acceptors (Lipinski definition) is 4. The summed E-state index contributed by atoms with van der Waals surface area (Å²) in [6.07, 6.45) is 0. The lowest BCUT2D eigenvalue weighted by atomic mass is 10.1. The van der Waals surface area contributed by atoms with Crippen LogP contribution in [-0.4, -0.2) is 38.3 Å². The van der Waals surface area contributed by atoms with E-state index in [2.05, 4.69) is 4.90 Å². The molecule has 25 heavy (non-hydrogen) atoms. The topological polar surface area (TPSA) is 30.9 Å². The molecule has 2 aromatic rings. The fraction of sp³-hybridized carbons (Fsp3) is 0.429. The summed E-state index contributed by atoms with van der Waals surface area (Å²) >= 11 is 0. The van der Waals surface area contributed by atoms with Crippen LogP contribution in [0.2, 0.25) is 0 Å². The van der Waals surface area contributed by atoms with Gasteiger partial charge in [-0.15, -0.1) is 0 Å². The third-order valence-corrected chi connectivity index (χ3v) is 4.01. The van der Waals surface area contributed by atoms with Gasteiger partial charge in [0.2, 0.25) is 0 Å². The van der Waals surface area contributed by atoms with E-state index in [-0.39, 0.29) is 0 Å². The monoisotopic (exact) mass is 346 g/mol. The van der Waals surface area contributed by atoms with E-state index in [1.54, 1.807) is 28.1 Å². The Balaban J connectivity index is 2.17. The number of methoxy groups -OCH3 is 3. The molecule has 0 unspecified atom stereocenters. The number of ether oxygens (including phenoxy) is 3. The van der Waals surface area contributed by atoms with E-state index in [4.69, 9.17) is 18.3 Å². The second-order valence-electron chi connectivity index (χ2n) is 6.70. The van der Waals surface area contributed by atoms with Gasteiger partial charge in [-0.05, 0) is 49.2 Å². The zero-order chi connectivity index (χ0) is 20.8. The quantitative estimate of drug-likeness (QED) is 0.683. The van der Waals surface area contributed by atoms with Crippen LogP contribution >= 0.6 is 0 Å². The van der Waals surface area contributed by atoms with Gasteiger partial charge in [0.15, 0.2) is 0 Å². The first kappa shape index (κ1) is 15.2. The van der Waals surface area contributed by atoms with Crippen LogP contribution < -0.4 is 9.47 Å². The normalized spacial score (nSPS) is 13.9. The van der Waals surface area contributed by atoms with Crippen LogP contribution in [-0.2, 0) is 17.8 Å². The standard InChI is InChI=1S/C21H29NO3/c1-21(2,25-5)16-22(14-17-6-10-19(23-3)11-7-17)15-18-8-12-20(24-4)13-9-18/h6-13H,14-16H2,1-5H3/i5D3. The van der Waals surface area contributed by atoms with E-state index < -0.39 is 12.6 Å². The largest absolute Gasteiger partial charge is 0.497 e. The molecule has 0 bridgehead atoms. The van der Waals surface area contributed by atoms with Gasteiger partial charge < -0.3 is 14.2 Å². The Labute approximate surface area is 155 Å². The lowest BCUT2D eigenvalue weighted by Gasteiger charge is -2.32. The Hall–Kier alpha value is -2.04. The van der Waals surface area contributed by atoms with Crippen molar-refractivity contribution in [2.75, 3.05) is 27.8 Å². The van der Waals surface area contributed by atoms with Crippen LogP contribution in [0.1, 0.15) is 29.1 Å². The molecule has 0 aliphatic carbocycles. The highest BCUT2D eigenvalue weighted by atomic mass is 16.5. The Morgan fingerprint density at radius 1 is 0.840 bits per heavy atom. The molecule has 2 aromatic carbocycles. The molecular formula is C21H29NO3. The van der Waals surface area contributed by atoms with Gasteiger partial charge in [0.05, 0.1) is 23.9 Å². The zero-order valence-corrected chi connectivity index (χ0v) is 15.4. The molecular weight excluding hydrogens is 314 g/mol. The maximum atomic E-state index is 7.43. The molecule has 4 heteroatoms. The van der Waals surface area contributed by atoms with Gasteiger partial charge in [-0.2, -0.15) is 0 Å². The molecule has 0 atom stereocenters. The summed E-state index contributed by atoms with van der Waals surface area (Å²) in [6, 6.07) is 15.7. The highest BCUT2D eigenvalue weighted by molar-refractivity contribution is 5.28. The van der Waals surface area contributed by atoms with Crippen molar-refractivity contribution < 1.29 is 18.3 Å². The first-order valence-corrected chi connectivity index (χ1v) is 8.29. The van der Waals surface area contributed by atoms with Crippen molar-refractivity contribution in [3.05, 3.63) is 59.7 Å². The maximum Gasteiger partial charge on any atom is 0.118 e. The molecule has 0 heterocycles. The van der Waals surface area contributed by atoms with Gasteiger partial charge in [-0.3, -0.25) is 4.90 Å². The SMILES string of the molecule is [2H]C([2H])([2H])OC(C)(C)CN(Cc1ccc(OC)cc1)Cc1ccc(OC)cc1. The predicted molar refractivity (Wildman–Crippen MR) is 101 cm³/mol. The van der Waals surface area contributed by atoms with Crippen molar-refractivity contribution in [3.8, 4) is 11.5 Å². The van der Waals surface area contributed by atoms with Crippen molar-refractivity contribution in [2.24, 2.45) is 0 Å². The van der Waals surface area contributed by atoms with Crippen molar-refractivity contribution in [1.29, 1.82) is 0 Å². The van der Waals surface area contributed by atoms with Gasteiger partial charge in [0.25, 0.3) is 0 Å². The molecule has 0 aliphatic rings. The highest BCUT2D eigenvalue weighted by Crippen LogP contribution is 2.19. The second kappa shape index (κ2) is 8.88. The molecule has 0 saturated carbocycles. The predicted octanol–water partition coefficient (Wildman–Crippen LogP) is 4.13. The molecule has 2 rings (SSSR count). The third kappa shape index (κ3) is 6.07. The summed E-state index contributed by atoms with van der Waals surface area (Å²) < 4.78 is 38.0. The summed E-state index contributed by atoms with van der Waals surface area (Å²) in [6.45, 7) is 5.37. The average molecular weight is 346 g/mol. The van der Waals surface area contributed by atoms with Gasteiger partial charge in [0.1, 0.15) is 11.5 Å². The van der Waals surface area contributed by atoms with Crippen LogP contribution in [0, 0.1) is 0 Å². The highest BCUT2D eigenvalue weighted by Gasteiger charge is 2.21. The molecule has 0 N–H and O–H groups in total. The van der Waals surface area contributed by atoms with Crippen molar-refractivity contribution in [2.45, 2.75) is 32.5 Å². The molecule has 0 aromatic heterocycles. The number of rotatable bonds is 9. The fourth-order valence-corrected chi connectivity index (χ4v) is 2.72.